The molecule has 0 spiro atoms. The average molecular weight is 396 g/mol. The lowest BCUT2D eigenvalue weighted by molar-refractivity contribution is 0.0953. The number of carbonyl (C=O) groups excluding carboxylic acids is 2. The predicted molar refractivity (Wildman–Crippen MR) is 107 cm³/mol. The first kappa shape index (κ1) is 19.3. The zero-order valence-corrected chi connectivity index (χ0v) is 15.3. The summed E-state index contributed by atoms with van der Waals surface area (Å²) in [6.07, 6.45) is 1.48. The van der Waals surface area contributed by atoms with Gasteiger partial charge in [-0.3, -0.25) is 9.59 Å². The minimum absolute atomic E-state index is 0.0788. The molecule has 0 saturated heterocycles. The van der Waals surface area contributed by atoms with E-state index in [2.05, 4.69) is 15.8 Å². The van der Waals surface area contributed by atoms with Crippen LogP contribution in [-0.4, -0.2) is 18.0 Å². The van der Waals surface area contributed by atoms with Crippen molar-refractivity contribution >= 4 is 35.3 Å². The van der Waals surface area contributed by atoms with E-state index >= 15 is 0 Å². The van der Waals surface area contributed by atoms with E-state index in [9.17, 15) is 14.0 Å². The van der Waals surface area contributed by atoms with Crippen LogP contribution in [0.5, 0.6) is 0 Å². The lowest BCUT2D eigenvalue weighted by Crippen LogP contribution is -2.18. The summed E-state index contributed by atoms with van der Waals surface area (Å²) in [5, 5.41) is 7.07. The van der Waals surface area contributed by atoms with Crippen LogP contribution in [0.2, 0.25) is 5.02 Å². The van der Waals surface area contributed by atoms with Crippen LogP contribution < -0.4 is 10.7 Å². The largest absolute Gasteiger partial charge is 0.322 e. The van der Waals surface area contributed by atoms with Crippen LogP contribution in [0.1, 0.15) is 26.3 Å². The molecule has 0 aliphatic carbocycles. The molecular formula is C21H15ClFN3O2. The van der Waals surface area contributed by atoms with Crippen LogP contribution in [-0.2, 0) is 0 Å². The first-order valence-electron chi connectivity index (χ1n) is 8.28. The van der Waals surface area contributed by atoms with Gasteiger partial charge in [-0.25, -0.2) is 9.82 Å². The molecule has 7 heteroatoms. The highest BCUT2D eigenvalue weighted by atomic mass is 35.5. The normalized spacial score (nSPS) is 10.6. The summed E-state index contributed by atoms with van der Waals surface area (Å²) in [5.41, 5.74) is 3.76. The molecule has 0 unspecified atom stereocenters. The SMILES string of the molecule is O=C(NN=Cc1ccc(Cl)cc1)c1cccc(NC(=O)c2ccccc2F)c1. The Morgan fingerprint density at radius 3 is 2.43 bits per heavy atom. The van der Waals surface area contributed by atoms with Crippen molar-refractivity contribution in [2.75, 3.05) is 5.32 Å². The van der Waals surface area contributed by atoms with Gasteiger partial charge in [0.1, 0.15) is 5.82 Å². The van der Waals surface area contributed by atoms with Crippen molar-refractivity contribution in [2.24, 2.45) is 5.10 Å². The van der Waals surface area contributed by atoms with E-state index in [0.717, 1.165) is 5.56 Å². The van der Waals surface area contributed by atoms with Crippen molar-refractivity contribution < 1.29 is 14.0 Å². The Morgan fingerprint density at radius 2 is 1.68 bits per heavy atom. The monoisotopic (exact) mass is 395 g/mol. The third-order valence-corrected chi connectivity index (χ3v) is 4.00. The fraction of sp³-hybridized carbons (Fsp3) is 0. The molecule has 0 aliphatic rings. The number of halogens is 2. The van der Waals surface area contributed by atoms with Crippen LogP contribution >= 0.6 is 11.6 Å². The summed E-state index contributed by atoms with van der Waals surface area (Å²) < 4.78 is 13.7. The van der Waals surface area contributed by atoms with Crippen molar-refractivity contribution in [1.29, 1.82) is 0 Å². The Balaban J connectivity index is 1.65. The van der Waals surface area contributed by atoms with Gasteiger partial charge >= 0.3 is 0 Å². The van der Waals surface area contributed by atoms with Crippen LogP contribution in [0.3, 0.4) is 0 Å². The minimum atomic E-state index is -0.620. The molecule has 0 bridgehead atoms. The number of nitrogens with one attached hydrogen (secondary N) is 2. The summed E-state index contributed by atoms with van der Waals surface area (Å²) in [6, 6.07) is 18.9. The van der Waals surface area contributed by atoms with Gasteiger partial charge in [0.05, 0.1) is 11.8 Å². The average Bonchev–Trinajstić information content (AvgIpc) is 2.70. The van der Waals surface area contributed by atoms with Crippen molar-refractivity contribution in [2.45, 2.75) is 0 Å². The maximum Gasteiger partial charge on any atom is 0.271 e. The number of hydrogen-bond donors (Lipinski definition) is 2. The molecule has 28 heavy (non-hydrogen) atoms. The number of anilines is 1. The summed E-state index contributed by atoms with van der Waals surface area (Å²) in [5.74, 6) is -1.67. The van der Waals surface area contributed by atoms with Crippen molar-refractivity contribution in [1.82, 2.24) is 5.43 Å². The van der Waals surface area contributed by atoms with Crippen LogP contribution in [0.4, 0.5) is 10.1 Å². The second kappa shape index (κ2) is 8.92. The highest BCUT2D eigenvalue weighted by Crippen LogP contribution is 2.14. The van der Waals surface area contributed by atoms with Gasteiger partial charge in [0.15, 0.2) is 0 Å². The second-order valence-corrected chi connectivity index (χ2v) is 6.20. The van der Waals surface area contributed by atoms with Crippen LogP contribution in [0, 0.1) is 5.82 Å². The van der Waals surface area contributed by atoms with Crippen LogP contribution in [0.15, 0.2) is 77.9 Å². The third-order valence-electron chi connectivity index (χ3n) is 3.75. The Kier molecular flexibility index (Phi) is 6.14. The van der Waals surface area contributed by atoms with Crippen LogP contribution in [0.25, 0.3) is 0 Å². The maximum atomic E-state index is 13.7. The highest BCUT2D eigenvalue weighted by Gasteiger charge is 2.12. The van der Waals surface area contributed by atoms with E-state index in [4.69, 9.17) is 11.6 Å². The van der Waals surface area contributed by atoms with Gasteiger partial charge in [-0.2, -0.15) is 5.10 Å². The number of carbonyl (C=O) groups is 2. The number of benzene rings is 3. The molecule has 0 radical (unpaired) electrons. The maximum absolute atomic E-state index is 13.7. The Hall–Kier alpha value is -3.51. The van der Waals surface area contributed by atoms with Gasteiger partial charge in [-0.1, -0.05) is 41.9 Å². The molecule has 3 rings (SSSR count). The molecule has 0 atom stereocenters. The number of hydrazone groups is 1. The minimum Gasteiger partial charge on any atom is -0.322 e. The standard InChI is InChI=1S/C21H15ClFN3O2/c22-16-10-8-14(9-11-16)13-24-26-20(27)15-4-3-5-17(12-15)25-21(28)18-6-1-2-7-19(18)23/h1-13H,(H,25,28)(H,26,27). The highest BCUT2D eigenvalue weighted by molar-refractivity contribution is 6.30. The quantitative estimate of drug-likeness (QED) is 0.493. The summed E-state index contributed by atoms with van der Waals surface area (Å²) >= 11 is 5.81. The van der Waals surface area contributed by atoms with Gasteiger partial charge < -0.3 is 5.32 Å². The molecule has 0 heterocycles. The molecule has 3 aromatic rings. The number of nitrogens with zero attached hydrogens (tertiary/aromatic N) is 1. The zero-order valence-electron chi connectivity index (χ0n) is 14.5. The Morgan fingerprint density at radius 1 is 0.929 bits per heavy atom. The Labute approximate surface area is 165 Å². The molecule has 5 nitrogen and oxygen atoms in total. The Bertz CT molecular complexity index is 1040. The van der Waals surface area contributed by atoms with E-state index in [-0.39, 0.29) is 5.56 Å². The first-order valence-corrected chi connectivity index (χ1v) is 8.65. The summed E-state index contributed by atoms with van der Waals surface area (Å²) in [7, 11) is 0. The van der Waals surface area contributed by atoms with E-state index in [1.54, 1.807) is 48.5 Å². The molecule has 0 aliphatic heterocycles. The lowest BCUT2D eigenvalue weighted by Gasteiger charge is -2.07. The van der Waals surface area contributed by atoms with Crippen molar-refractivity contribution in [3.63, 3.8) is 0 Å². The van der Waals surface area contributed by atoms with Gasteiger partial charge in [-0.05, 0) is 48.0 Å². The molecule has 3 aromatic carbocycles. The molecule has 0 fully saturated rings. The van der Waals surface area contributed by atoms with Gasteiger partial charge in [0, 0.05) is 16.3 Å². The van der Waals surface area contributed by atoms with Crippen molar-refractivity contribution in [3.05, 3.63) is 100 Å². The first-order chi connectivity index (χ1) is 13.5. The molecular weight excluding hydrogens is 381 g/mol. The van der Waals surface area contributed by atoms with Gasteiger partial charge in [0.25, 0.3) is 11.8 Å². The predicted octanol–water partition coefficient (Wildman–Crippen LogP) is 4.50. The smallest absolute Gasteiger partial charge is 0.271 e. The lowest BCUT2D eigenvalue weighted by atomic mass is 10.1. The van der Waals surface area contributed by atoms with E-state index in [1.807, 2.05) is 0 Å². The third kappa shape index (κ3) is 5.02. The molecule has 0 saturated carbocycles. The van der Waals surface area contributed by atoms with Gasteiger partial charge in [0.2, 0.25) is 0 Å². The molecule has 0 aromatic heterocycles. The number of hydrogen-bond acceptors (Lipinski definition) is 3. The van der Waals surface area contributed by atoms with E-state index in [1.165, 1.54) is 30.5 Å². The summed E-state index contributed by atoms with van der Waals surface area (Å²) in [6.45, 7) is 0. The topological polar surface area (TPSA) is 70.6 Å². The summed E-state index contributed by atoms with van der Waals surface area (Å²) in [4.78, 5) is 24.4. The van der Waals surface area contributed by atoms with E-state index in [0.29, 0.717) is 16.3 Å². The number of rotatable bonds is 5. The second-order valence-electron chi connectivity index (χ2n) is 5.77. The molecule has 2 amide bonds. The molecule has 2 N–H and O–H groups in total. The van der Waals surface area contributed by atoms with Crippen molar-refractivity contribution in [3.8, 4) is 0 Å². The number of amides is 2. The fourth-order valence-corrected chi connectivity index (χ4v) is 2.49. The fourth-order valence-electron chi connectivity index (χ4n) is 2.36. The van der Waals surface area contributed by atoms with E-state index < -0.39 is 17.6 Å². The molecule has 140 valence electrons. The van der Waals surface area contributed by atoms with Gasteiger partial charge in [-0.15, -0.1) is 0 Å². The zero-order chi connectivity index (χ0) is 19.9.